The number of hydrogen-bond donors (Lipinski definition) is 1. The van der Waals surface area contributed by atoms with E-state index in [1.54, 1.807) is 0 Å². The molecule has 0 spiro atoms. The van der Waals surface area contributed by atoms with Crippen molar-refractivity contribution in [2.24, 2.45) is 17.3 Å². The number of carboxylic acids is 1. The van der Waals surface area contributed by atoms with Gasteiger partial charge in [-0.1, -0.05) is 13.8 Å². The van der Waals surface area contributed by atoms with Gasteiger partial charge in [0.2, 0.25) is 0 Å². The van der Waals surface area contributed by atoms with Crippen molar-refractivity contribution >= 4 is 17.7 Å². The molecule has 2 fully saturated rings. The van der Waals surface area contributed by atoms with E-state index in [9.17, 15) is 9.90 Å². The van der Waals surface area contributed by atoms with E-state index in [2.05, 4.69) is 4.90 Å². The van der Waals surface area contributed by atoms with E-state index >= 15 is 0 Å². The number of rotatable bonds is 4. The molecular weight excluding hydrogens is 234 g/mol. The molecule has 0 bridgehead atoms. The summed E-state index contributed by atoms with van der Waals surface area (Å²) in [6, 6.07) is 0. The molecule has 1 N–H and O–H groups in total. The van der Waals surface area contributed by atoms with Gasteiger partial charge in [-0.25, -0.2) is 0 Å². The fourth-order valence-corrected chi connectivity index (χ4v) is 4.33. The highest BCUT2D eigenvalue weighted by Gasteiger charge is 2.47. The molecule has 0 aromatic rings. The molecule has 2 aliphatic rings. The molecule has 2 aliphatic heterocycles. The Morgan fingerprint density at radius 1 is 1.59 bits per heavy atom. The molecule has 2 rings (SSSR count). The van der Waals surface area contributed by atoms with E-state index < -0.39 is 11.4 Å². The average molecular weight is 257 g/mol. The lowest BCUT2D eigenvalue weighted by atomic mass is 9.76. The summed E-state index contributed by atoms with van der Waals surface area (Å²) in [7, 11) is 0. The minimum absolute atomic E-state index is 0.225. The van der Waals surface area contributed by atoms with E-state index in [4.69, 9.17) is 0 Å². The molecule has 0 amide bonds. The number of carbonyl (C=O) groups is 1. The molecule has 0 aliphatic carbocycles. The van der Waals surface area contributed by atoms with Crippen LogP contribution in [0, 0.1) is 17.3 Å². The van der Waals surface area contributed by atoms with Gasteiger partial charge < -0.3 is 10.0 Å². The van der Waals surface area contributed by atoms with E-state index in [0.717, 1.165) is 32.0 Å². The Morgan fingerprint density at radius 3 is 2.82 bits per heavy atom. The number of likely N-dealkylation sites (tertiary alicyclic amines) is 1. The highest BCUT2D eigenvalue weighted by molar-refractivity contribution is 7.99. The lowest BCUT2D eigenvalue weighted by Gasteiger charge is -2.29. The topological polar surface area (TPSA) is 40.5 Å². The summed E-state index contributed by atoms with van der Waals surface area (Å²) < 4.78 is 0. The van der Waals surface area contributed by atoms with Crippen molar-refractivity contribution in [3.05, 3.63) is 0 Å². The summed E-state index contributed by atoms with van der Waals surface area (Å²) in [6.45, 7) is 6.91. The SMILES string of the molecule is CC(C)C1(C(=O)O)CCN(CC2CCSC2)C1. The lowest BCUT2D eigenvalue weighted by Crippen LogP contribution is -2.40. The highest BCUT2D eigenvalue weighted by atomic mass is 32.2. The van der Waals surface area contributed by atoms with Gasteiger partial charge in [0, 0.05) is 13.1 Å². The predicted molar refractivity (Wildman–Crippen MR) is 71.4 cm³/mol. The van der Waals surface area contributed by atoms with Gasteiger partial charge in [-0.05, 0) is 42.7 Å². The molecule has 2 atom stereocenters. The summed E-state index contributed by atoms with van der Waals surface area (Å²) >= 11 is 2.04. The average Bonchev–Trinajstić information content (AvgIpc) is 2.87. The van der Waals surface area contributed by atoms with Gasteiger partial charge in [0.25, 0.3) is 0 Å². The van der Waals surface area contributed by atoms with Crippen LogP contribution >= 0.6 is 11.8 Å². The molecule has 98 valence electrons. The monoisotopic (exact) mass is 257 g/mol. The molecule has 0 aromatic carbocycles. The molecule has 2 unspecified atom stereocenters. The van der Waals surface area contributed by atoms with Crippen molar-refractivity contribution in [3.8, 4) is 0 Å². The first-order valence-electron chi connectivity index (χ1n) is 6.58. The van der Waals surface area contributed by atoms with E-state index in [1.807, 2.05) is 25.6 Å². The van der Waals surface area contributed by atoms with Crippen molar-refractivity contribution in [2.75, 3.05) is 31.1 Å². The molecular formula is C13H23NO2S. The predicted octanol–water partition coefficient (Wildman–Crippen LogP) is 2.17. The molecule has 0 saturated carbocycles. The zero-order chi connectivity index (χ0) is 12.5. The molecule has 0 radical (unpaired) electrons. The summed E-state index contributed by atoms with van der Waals surface area (Å²) in [5, 5.41) is 9.48. The summed E-state index contributed by atoms with van der Waals surface area (Å²) in [4.78, 5) is 13.9. The Balaban J connectivity index is 1.94. The number of hydrogen-bond acceptors (Lipinski definition) is 3. The Kier molecular flexibility index (Phi) is 4.03. The lowest BCUT2D eigenvalue weighted by molar-refractivity contribution is -0.151. The normalized spacial score (nSPS) is 34.6. The highest BCUT2D eigenvalue weighted by Crippen LogP contribution is 2.39. The van der Waals surface area contributed by atoms with Gasteiger partial charge in [-0.15, -0.1) is 0 Å². The minimum atomic E-state index is -0.601. The van der Waals surface area contributed by atoms with Crippen molar-refractivity contribution in [1.82, 2.24) is 4.90 Å². The van der Waals surface area contributed by atoms with Gasteiger partial charge in [0.1, 0.15) is 0 Å². The van der Waals surface area contributed by atoms with Crippen LogP contribution in [0.25, 0.3) is 0 Å². The fourth-order valence-electron chi connectivity index (χ4n) is 3.06. The van der Waals surface area contributed by atoms with Crippen LogP contribution in [0.5, 0.6) is 0 Å². The molecule has 4 heteroatoms. The fraction of sp³-hybridized carbons (Fsp3) is 0.923. The van der Waals surface area contributed by atoms with Crippen LogP contribution in [-0.2, 0) is 4.79 Å². The first kappa shape index (κ1) is 13.2. The zero-order valence-corrected chi connectivity index (χ0v) is 11.6. The maximum atomic E-state index is 11.5. The minimum Gasteiger partial charge on any atom is -0.481 e. The van der Waals surface area contributed by atoms with Crippen molar-refractivity contribution in [3.63, 3.8) is 0 Å². The first-order chi connectivity index (χ1) is 8.04. The van der Waals surface area contributed by atoms with Crippen molar-refractivity contribution < 1.29 is 9.90 Å². The van der Waals surface area contributed by atoms with Crippen LogP contribution in [0.15, 0.2) is 0 Å². The van der Waals surface area contributed by atoms with E-state index in [0.29, 0.717) is 0 Å². The maximum absolute atomic E-state index is 11.5. The summed E-state index contributed by atoms with van der Waals surface area (Å²) in [5.41, 5.74) is -0.494. The van der Waals surface area contributed by atoms with Gasteiger partial charge in [-0.3, -0.25) is 4.79 Å². The quantitative estimate of drug-likeness (QED) is 0.838. The smallest absolute Gasteiger partial charge is 0.311 e. The van der Waals surface area contributed by atoms with Crippen molar-refractivity contribution in [2.45, 2.75) is 26.7 Å². The largest absolute Gasteiger partial charge is 0.481 e. The van der Waals surface area contributed by atoms with Crippen LogP contribution in [0.1, 0.15) is 26.7 Å². The number of nitrogens with zero attached hydrogens (tertiary/aromatic N) is 1. The summed E-state index contributed by atoms with van der Waals surface area (Å²) in [5.74, 6) is 2.96. The Hall–Kier alpha value is -0.220. The van der Waals surface area contributed by atoms with Crippen LogP contribution in [0.2, 0.25) is 0 Å². The third kappa shape index (κ3) is 2.63. The Bertz CT molecular complexity index is 289. The molecule has 2 saturated heterocycles. The van der Waals surface area contributed by atoms with Crippen LogP contribution < -0.4 is 0 Å². The van der Waals surface area contributed by atoms with Gasteiger partial charge >= 0.3 is 5.97 Å². The Morgan fingerprint density at radius 2 is 2.35 bits per heavy atom. The maximum Gasteiger partial charge on any atom is 0.311 e. The number of aliphatic carboxylic acids is 1. The standard InChI is InChI=1S/C13H23NO2S/c1-10(2)13(12(15)16)4-5-14(9-13)7-11-3-6-17-8-11/h10-11H,3-9H2,1-2H3,(H,15,16). The zero-order valence-electron chi connectivity index (χ0n) is 10.8. The van der Waals surface area contributed by atoms with Gasteiger partial charge in [0.05, 0.1) is 5.41 Å². The van der Waals surface area contributed by atoms with Crippen LogP contribution in [0.4, 0.5) is 0 Å². The third-order valence-corrected chi connectivity index (χ3v) is 5.68. The van der Waals surface area contributed by atoms with E-state index in [-0.39, 0.29) is 5.92 Å². The van der Waals surface area contributed by atoms with Gasteiger partial charge in [-0.2, -0.15) is 11.8 Å². The molecule has 17 heavy (non-hydrogen) atoms. The molecule has 0 aromatic heterocycles. The second kappa shape index (κ2) is 5.19. The summed E-state index contributed by atoms with van der Waals surface area (Å²) in [6.07, 6.45) is 2.13. The van der Waals surface area contributed by atoms with Gasteiger partial charge in [0.15, 0.2) is 0 Å². The van der Waals surface area contributed by atoms with Crippen molar-refractivity contribution in [1.29, 1.82) is 0 Å². The van der Waals surface area contributed by atoms with E-state index in [1.165, 1.54) is 17.9 Å². The Labute approximate surface area is 108 Å². The second-order valence-corrected chi connectivity index (χ2v) is 6.98. The molecule has 2 heterocycles. The third-order valence-electron chi connectivity index (χ3n) is 4.45. The number of thioether (sulfide) groups is 1. The first-order valence-corrected chi connectivity index (χ1v) is 7.73. The van der Waals surface area contributed by atoms with Crippen LogP contribution in [0.3, 0.4) is 0 Å². The second-order valence-electron chi connectivity index (χ2n) is 5.83. The van der Waals surface area contributed by atoms with Crippen LogP contribution in [-0.4, -0.2) is 47.1 Å². The molecule has 3 nitrogen and oxygen atoms in total. The number of carboxylic acid groups (broad SMARTS) is 1.